The van der Waals surface area contributed by atoms with Gasteiger partial charge in [0.2, 0.25) is 5.91 Å². The minimum Gasteiger partial charge on any atom is -0.480 e. The van der Waals surface area contributed by atoms with Crippen LogP contribution < -0.4 is 0 Å². The Kier molecular flexibility index (Phi) is 5.32. The Morgan fingerprint density at radius 3 is 2.39 bits per heavy atom. The lowest BCUT2D eigenvalue weighted by Gasteiger charge is -2.44. The molecule has 1 aliphatic carbocycles. The number of aliphatic carboxylic acids is 1. The van der Waals surface area contributed by atoms with E-state index < -0.39 is 24.2 Å². The Bertz CT molecular complexity index is 898. The van der Waals surface area contributed by atoms with Gasteiger partial charge in [0.15, 0.2) is 0 Å². The van der Waals surface area contributed by atoms with E-state index in [2.05, 4.69) is 0 Å². The topological polar surface area (TPSA) is 66.8 Å². The normalized spacial score (nSPS) is 23.5. The van der Waals surface area contributed by atoms with Gasteiger partial charge in [0.1, 0.15) is 18.8 Å². The van der Waals surface area contributed by atoms with Crippen LogP contribution >= 0.6 is 23.2 Å². The van der Waals surface area contributed by atoms with Crippen LogP contribution in [0.4, 0.5) is 0 Å². The van der Waals surface area contributed by atoms with Crippen molar-refractivity contribution in [2.24, 2.45) is 5.92 Å². The van der Waals surface area contributed by atoms with Crippen LogP contribution in [0.2, 0.25) is 10.0 Å². The van der Waals surface area contributed by atoms with Gasteiger partial charge in [0.25, 0.3) is 0 Å². The molecule has 1 heterocycles. The maximum atomic E-state index is 12.9. The highest BCUT2D eigenvalue weighted by atomic mass is 35.5. The SMILES string of the molecule is O=C(O)C(C1CC1)N1C(=O)COC(c2cccc(Cl)c2)C1c1ccc(Cl)cc1. The number of rotatable bonds is 5. The van der Waals surface area contributed by atoms with Crippen LogP contribution in [0.25, 0.3) is 0 Å². The Morgan fingerprint density at radius 2 is 1.79 bits per heavy atom. The molecule has 2 aromatic rings. The second-order valence-electron chi connectivity index (χ2n) is 7.20. The van der Waals surface area contributed by atoms with E-state index in [1.54, 1.807) is 24.3 Å². The molecule has 146 valence electrons. The van der Waals surface area contributed by atoms with Crippen molar-refractivity contribution in [2.75, 3.05) is 6.61 Å². The van der Waals surface area contributed by atoms with Crippen LogP contribution in [0.5, 0.6) is 0 Å². The number of halogens is 2. The monoisotopic (exact) mass is 419 g/mol. The summed E-state index contributed by atoms with van der Waals surface area (Å²) in [5.41, 5.74) is 1.57. The van der Waals surface area contributed by atoms with Crippen LogP contribution in [-0.2, 0) is 14.3 Å². The zero-order valence-corrected chi connectivity index (χ0v) is 16.4. The third kappa shape index (κ3) is 3.75. The molecule has 2 fully saturated rings. The lowest BCUT2D eigenvalue weighted by atomic mass is 9.90. The number of carbonyl (C=O) groups excluding carboxylic acids is 1. The molecule has 1 saturated carbocycles. The van der Waals surface area contributed by atoms with Crippen molar-refractivity contribution in [2.45, 2.75) is 31.0 Å². The molecule has 3 unspecified atom stereocenters. The highest BCUT2D eigenvalue weighted by molar-refractivity contribution is 6.30. The van der Waals surface area contributed by atoms with E-state index >= 15 is 0 Å². The van der Waals surface area contributed by atoms with Crippen LogP contribution in [0, 0.1) is 5.92 Å². The number of ether oxygens (including phenoxy) is 1. The number of amides is 1. The van der Waals surface area contributed by atoms with Crippen molar-refractivity contribution in [3.63, 3.8) is 0 Å². The Hall–Kier alpha value is -2.08. The predicted molar refractivity (Wildman–Crippen MR) is 105 cm³/mol. The summed E-state index contributed by atoms with van der Waals surface area (Å²) >= 11 is 12.2. The molecule has 0 bridgehead atoms. The van der Waals surface area contributed by atoms with Crippen LogP contribution in [-0.4, -0.2) is 34.5 Å². The molecule has 0 radical (unpaired) electrons. The summed E-state index contributed by atoms with van der Waals surface area (Å²) in [5, 5.41) is 11.0. The van der Waals surface area contributed by atoms with E-state index in [-0.39, 0.29) is 18.4 Å². The first-order chi connectivity index (χ1) is 13.5. The molecule has 7 heteroatoms. The van der Waals surface area contributed by atoms with Gasteiger partial charge < -0.3 is 14.7 Å². The van der Waals surface area contributed by atoms with Crippen molar-refractivity contribution in [3.8, 4) is 0 Å². The van der Waals surface area contributed by atoms with Crippen molar-refractivity contribution >= 4 is 35.1 Å². The summed E-state index contributed by atoms with van der Waals surface area (Å²) in [5.74, 6) is -1.34. The number of carboxylic acids is 1. The Morgan fingerprint density at radius 1 is 1.07 bits per heavy atom. The minimum absolute atomic E-state index is 0.0330. The zero-order chi connectivity index (χ0) is 19.8. The fourth-order valence-corrected chi connectivity index (χ4v) is 4.20. The van der Waals surface area contributed by atoms with Gasteiger partial charge in [-0.15, -0.1) is 0 Å². The number of nitrogens with zero attached hydrogens (tertiary/aromatic N) is 1. The van der Waals surface area contributed by atoms with E-state index in [1.807, 2.05) is 24.3 Å². The predicted octanol–water partition coefficient (Wildman–Crippen LogP) is 4.50. The van der Waals surface area contributed by atoms with Crippen molar-refractivity contribution < 1.29 is 19.4 Å². The smallest absolute Gasteiger partial charge is 0.326 e. The Labute approximate surface area is 172 Å². The number of carboxylic acid groups (broad SMARTS) is 1. The molecule has 28 heavy (non-hydrogen) atoms. The average Bonchev–Trinajstić information content (AvgIpc) is 3.48. The molecule has 2 aromatic carbocycles. The van der Waals surface area contributed by atoms with Crippen LogP contribution in [0.3, 0.4) is 0 Å². The number of morpholine rings is 1. The van der Waals surface area contributed by atoms with Crippen molar-refractivity contribution in [1.82, 2.24) is 4.90 Å². The van der Waals surface area contributed by atoms with Gasteiger partial charge in [-0.1, -0.05) is 47.5 Å². The summed E-state index contributed by atoms with van der Waals surface area (Å²) in [6.07, 6.45) is 1.08. The number of carbonyl (C=O) groups is 2. The molecule has 0 aromatic heterocycles. The molecule has 0 spiro atoms. The second-order valence-corrected chi connectivity index (χ2v) is 8.08. The van der Waals surface area contributed by atoms with Crippen molar-refractivity contribution in [3.05, 3.63) is 69.7 Å². The summed E-state index contributed by atoms with van der Waals surface area (Å²) in [4.78, 5) is 26.4. The zero-order valence-electron chi connectivity index (χ0n) is 14.9. The molecule has 1 N–H and O–H groups in total. The van der Waals surface area contributed by atoms with E-state index in [1.165, 1.54) is 4.90 Å². The van der Waals surface area contributed by atoms with E-state index in [0.29, 0.717) is 10.0 Å². The molecule has 1 aliphatic heterocycles. The standard InChI is InChI=1S/C21H19Cl2NO4/c22-15-8-6-12(7-9-15)18-20(14-2-1-3-16(23)10-14)28-11-17(25)24(18)19(21(26)27)13-4-5-13/h1-3,6-10,13,18-20H,4-5,11H2,(H,26,27). The van der Waals surface area contributed by atoms with Gasteiger partial charge in [0.05, 0.1) is 6.04 Å². The van der Waals surface area contributed by atoms with Crippen molar-refractivity contribution in [1.29, 1.82) is 0 Å². The first-order valence-electron chi connectivity index (χ1n) is 9.12. The third-order valence-electron chi connectivity index (χ3n) is 5.27. The lowest BCUT2D eigenvalue weighted by molar-refractivity contribution is -0.172. The van der Waals surface area contributed by atoms with E-state index in [9.17, 15) is 14.7 Å². The highest BCUT2D eigenvalue weighted by Gasteiger charge is 2.49. The third-order valence-corrected chi connectivity index (χ3v) is 5.76. The fourth-order valence-electron chi connectivity index (χ4n) is 3.87. The fraction of sp³-hybridized carbons (Fsp3) is 0.333. The molecule has 1 amide bonds. The first-order valence-corrected chi connectivity index (χ1v) is 9.88. The van der Waals surface area contributed by atoms with Crippen LogP contribution in [0.15, 0.2) is 48.5 Å². The maximum absolute atomic E-state index is 12.9. The molecule has 3 atom stereocenters. The molecule has 2 aliphatic rings. The highest BCUT2D eigenvalue weighted by Crippen LogP contribution is 2.46. The van der Waals surface area contributed by atoms with E-state index in [4.69, 9.17) is 27.9 Å². The maximum Gasteiger partial charge on any atom is 0.326 e. The summed E-state index contributed by atoms with van der Waals surface area (Å²) in [6.45, 7) is -0.169. The van der Waals surface area contributed by atoms with E-state index in [0.717, 1.165) is 24.0 Å². The molecule has 1 saturated heterocycles. The van der Waals surface area contributed by atoms with Gasteiger partial charge in [0, 0.05) is 10.0 Å². The number of hydrogen-bond acceptors (Lipinski definition) is 3. The average molecular weight is 420 g/mol. The van der Waals surface area contributed by atoms with Gasteiger partial charge >= 0.3 is 5.97 Å². The molecular formula is C21H19Cl2NO4. The molecule has 4 rings (SSSR count). The van der Waals surface area contributed by atoms with Crippen LogP contribution in [0.1, 0.15) is 36.1 Å². The van der Waals surface area contributed by atoms with Gasteiger partial charge in [-0.05, 0) is 54.2 Å². The second kappa shape index (κ2) is 7.74. The lowest BCUT2D eigenvalue weighted by Crippen LogP contribution is -2.54. The molecular weight excluding hydrogens is 401 g/mol. The van der Waals surface area contributed by atoms with Gasteiger partial charge in [-0.2, -0.15) is 0 Å². The first kappa shape index (κ1) is 19.2. The largest absolute Gasteiger partial charge is 0.480 e. The van der Waals surface area contributed by atoms with Gasteiger partial charge in [-0.25, -0.2) is 4.79 Å². The Balaban J connectivity index is 1.82. The summed E-state index contributed by atoms with van der Waals surface area (Å²) in [7, 11) is 0. The summed E-state index contributed by atoms with van der Waals surface area (Å²) < 4.78 is 5.91. The number of benzene rings is 2. The quantitative estimate of drug-likeness (QED) is 0.774. The minimum atomic E-state index is -0.985. The summed E-state index contributed by atoms with van der Waals surface area (Å²) in [6, 6.07) is 12.9. The molecule has 5 nitrogen and oxygen atoms in total. The number of hydrogen-bond donors (Lipinski definition) is 1. The van der Waals surface area contributed by atoms with Gasteiger partial charge in [-0.3, -0.25) is 4.79 Å².